The molecule has 1 aromatic rings. The first kappa shape index (κ1) is 17.7. The van der Waals surface area contributed by atoms with Crippen LogP contribution in [0.4, 0.5) is 4.79 Å². The summed E-state index contributed by atoms with van der Waals surface area (Å²) in [5, 5.41) is 2.42. The van der Waals surface area contributed by atoms with Gasteiger partial charge in [0.15, 0.2) is 5.78 Å². The number of nitrogens with one attached hydrogen (secondary N) is 1. The van der Waals surface area contributed by atoms with Crippen LogP contribution >= 0.6 is 0 Å². The fourth-order valence-corrected chi connectivity index (χ4v) is 1.79. The van der Waals surface area contributed by atoms with E-state index >= 15 is 0 Å². The molecule has 0 aliphatic heterocycles. The van der Waals surface area contributed by atoms with E-state index in [1.165, 1.54) is 0 Å². The Morgan fingerprint density at radius 3 is 2.36 bits per heavy atom. The number of hydrogen-bond acceptors (Lipinski definition) is 5. The molecule has 6 heteroatoms. The van der Waals surface area contributed by atoms with Crippen LogP contribution < -0.4 is 5.32 Å². The number of benzene rings is 1. The number of Topliss-reactive ketones (excluding diaryl/α,β-unsaturated/α-hetero) is 1. The molecule has 0 saturated carbocycles. The van der Waals surface area contributed by atoms with Crippen molar-refractivity contribution in [1.82, 2.24) is 5.32 Å². The van der Waals surface area contributed by atoms with Crippen LogP contribution in [0.15, 0.2) is 30.3 Å². The summed E-state index contributed by atoms with van der Waals surface area (Å²) in [6.07, 6.45) is -0.718. The Bertz CT molecular complexity index is 501. The first-order valence-electron chi connectivity index (χ1n) is 7.22. The summed E-state index contributed by atoms with van der Waals surface area (Å²) >= 11 is 0. The zero-order chi connectivity index (χ0) is 16.4. The second-order valence-electron chi connectivity index (χ2n) is 4.59. The van der Waals surface area contributed by atoms with Gasteiger partial charge in [-0.15, -0.1) is 0 Å². The lowest BCUT2D eigenvalue weighted by Gasteiger charge is -2.16. The molecule has 0 aliphatic rings. The van der Waals surface area contributed by atoms with Gasteiger partial charge in [-0.05, 0) is 12.5 Å². The number of ketones is 1. The standard InChI is InChI=1S/C16H21NO5/c1-3-14(18)13(10-15(19)21-4-2)17-16(20)22-11-12-8-6-5-7-9-12/h5-9,13H,3-4,10-11H2,1-2H3,(H,17,20). The van der Waals surface area contributed by atoms with Gasteiger partial charge in [-0.25, -0.2) is 4.79 Å². The van der Waals surface area contributed by atoms with Gasteiger partial charge in [0.2, 0.25) is 0 Å². The van der Waals surface area contributed by atoms with E-state index in [1.54, 1.807) is 13.8 Å². The molecule has 1 unspecified atom stereocenters. The van der Waals surface area contributed by atoms with E-state index in [1.807, 2.05) is 30.3 Å². The Morgan fingerprint density at radius 2 is 1.77 bits per heavy atom. The third kappa shape index (κ3) is 6.39. The fraction of sp³-hybridized carbons (Fsp3) is 0.438. The van der Waals surface area contributed by atoms with Crippen molar-refractivity contribution < 1.29 is 23.9 Å². The molecule has 1 N–H and O–H groups in total. The van der Waals surface area contributed by atoms with Crippen LogP contribution in [0.3, 0.4) is 0 Å². The number of carbonyl (C=O) groups is 3. The van der Waals surface area contributed by atoms with E-state index in [0.717, 1.165) is 5.56 Å². The normalized spacial score (nSPS) is 11.4. The lowest BCUT2D eigenvalue weighted by Crippen LogP contribution is -2.42. The molecule has 0 aliphatic carbocycles. The highest BCUT2D eigenvalue weighted by molar-refractivity contribution is 5.90. The lowest BCUT2D eigenvalue weighted by atomic mass is 10.1. The Morgan fingerprint density at radius 1 is 1.09 bits per heavy atom. The van der Waals surface area contributed by atoms with Crippen LogP contribution in [0.5, 0.6) is 0 Å². The van der Waals surface area contributed by atoms with Gasteiger partial charge in [-0.3, -0.25) is 9.59 Å². The van der Waals surface area contributed by atoms with E-state index in [0.29, 0.717) is 0 Å². The number of ether oxygens (including phenoxy) is 2. The molecule has 0 radical (unpaired) electrons. The molecular weight excluding hydrogens is 286 g/mol. The highest BCUT2D eigenvalue weighted by Gasteiger charge is 2.23. The molecule has 0 heterocycles. The maximum atomic E-state index is 11.8. The maximum absolute atomic E-state index is 11.8. The minimum absolute atomic E-state index is 0.0963. The maximum Gasteiger partial charge on any atom is 0.408 e. The molecular formula is C16H21NO5. The molecule has 0 bridgehead atoms. The Kier molecular flexibility index (Phi) is 7.67. The van der Waals surface area contributed by atoms with Crippen LogP contribution in [0.2, 0.25) is 0 Å². The quantitative estimate of drug-likeness (QED) is 0.745. The predicted molar refractivity (Wildman–Crippen MR) is 80.1 cm³/mol. The topological polar surface area (TPSA) is 81.7 Å². The van der Waals surface area contributed by atoms with Crippen LogP contribution in [-0.2, 0) is 25.7 Å². The molecule has 0 aromatic heterocycles. The number of rotatable bonds is 8. The monoisotopic (exact) mass is 307 g/mol. The summed E-state index contributed by atoms with van der Waals surface area (Å²) in [4.78, 5) is 35.0. The molecule has 0 fully saturated rings. The summed E-state index contributed by atoms with van der Waals surface area (Å²) in [5.74, 6) is -0.776. The molecule has 1 aromatic carbocycles. The van der Waals surface area contributed by atoms with Crippen molar-refractivity contribution in [1.29, 1.82) is 0 Å². The number of carbonyl (C=O) groups excluding carboxylic acids is 3. The second-order valence-corrected chi connectivity index (χ2v) is 4.59. The van der Waals surface area contributed by atoms with E-state index in [4.69, 9.17) is 9.47 Å². The van der Waals surface area contributed by atoms with Gasteiger partial charge in [-0.2, -0.15) is 0 Å². The first-order valence-corrected chi connectivity index (χ1v) is 7.22. The van der Waals surface area contributed by atoms with Crippen LogP contribution in [-0.4, -0.2) is 30.5 Å². The predicted octanol–water partition coefficient (Wildman–Crippen LogP) is 2.21. The fourth-order valence-electron chi connectivity index (χ4n) is 1.79. The van der Waals surface area contributed by atoms with Crippen molar-refractivity contribution in [2.24, 2.45) is 0 Å². The minimum Gasteiger partial charge on any atom is -0.466 e. The smallest absolute Gasteiger partial charge is 0.408 e. The summed E-state index contributed by atoms with van der Waals surface area (Å²) in [5.41, 5.74) is 0.835. The highest BCUT2D eigenvalue weighted by atomic mass is 16.5. The van der Waals surface area contributed by atoms with Crippen molar-refractivity contribution >= 4 is 17.8 Å². The van der Waals surface area contributed by atoms with Crippen molar-refractivity contribution in [2.45, 2.75) is 39.3 Å². The minimum atomic E-state index is -0.924. The van der Waals surface area contributed by atoms with Crippen LogP contribution in [0.1, 0.15) is 32.3 Å². The molecule has 1 atom stereocenters. The third-order valence-corrected chi connectivity index (χ3v) is 2.92. The lowest BCUT2D eigenvalue weighted by molar-refractivity contribution is -0.145. The van der Waals surface area contributed by atoms with Crippen molar-refractivity contribution in [3.8, 4) is 0 Å². The zero-order valence-corrected chi connectivity index (χ0v) is 12.8. The average molecular weight is 307 g/mol. The van der Waals surface area contributed by atoms with Gasteiger partial charge in [0.1, 0.15) is 12.6 Å². The number of amides is 1. The third-order valence-electron chi connectivity index (χ3n) is 2.92. The van der Waals surface area contributed by atoms with Gasteiger partial charge in [0, 0.05) is 6.42 Å². The average Bonchev–Trinajstić information content (AvgIpc) is 2.52. The van der Waals surface area contributed by atoms with Gasteiger partial charge in [-0.1, -0.05) is 37.3 Å². The largest absolute Gasteiger partial charge is 0.466 e. The zero-order valence-electron chi connectivity index (χ0n) is 12.8. The Labute approximate surface area is 129 Å². The van der Waals surface area contributed by atoms with Crippen molar-refractivity contribution in [3.63, 3.8) is 0 Å². The van der Waals surface area contributed by atoms with Gasteiger partial charge >= 0.3 is 12.1 Å². The Hall–Kier alpha value is -2.37. The summed E-state index contributed by atoms with van der Waals surface area (Å²) < 4.78 is 9.84. The molecule has 120 valence electrons. The molecule has 1 rings (SSSR count). The second kappa shape index (κ2) is 9.55. The number of esters is 1. The SMILES string of the molecule is CCOC(=O)CC(NC(=O)OCc1ccccc1)C(=O)CC. The number of alkyl carbamates (subject to hydrolysis) is 1. The number of hydrogen-bond donors (Lipinski definition) is 1. The van der Waals surface area contributed by atoms with Crippen molar-refractivity contribution in [2.75, 3.05) is 6.61 Å². The molecule has 1 amide bonds. The van der Waals surface area contributed by atoms with Gasteiger partial charge in [0.05, 0.1) is 13.0 Å². The van der Waals surface area contributed by atoms with Crippen molar-refractivity contribution in [3.05, 3.63) is 35.9 Å². The molecule has 6 nitrogen and oxygen atoms in total. The molecule has 0 saturated heterocycles. The van der Waals surface area contributed by atoms with Gasteiger partial charge < -0.3 is 14.8 Å². The van der Waals surface area contributed by atoms with E-state index in [9.17, 15) is 14.4 Å². The van der Waals surface area contributed by atoms with Crippen LogP contribution in [0.25, 0.3) is 0 Å². The Balaban J connectivity index is 2.51. The van der Waals surface area contributed by atoms with E-state index in [2.05, 4.69) is 5.32 Å². The summed E-state index contributed by atoms with van der Waals surface area (Å²) in [6, 6.07) is 8.24. The highest BCUT2D eigenvalue weighted by Crippen LogP contribution is 2.03. The molecule has 22 heavy (non-hydrogen) atoms. The summed E-state index contributed by atoms with van der Waals surface area (Å²) in [6.45, 7) is 3.66. The van der Waals surface area contributed by atoms with Crippen LogP contribution in [0, 0.1) is 0 Å². The summed E-state index contributed by atoms with van der Waals surface area (Å²) in [7, 11) is 0. The van der Waals surface area contributed by atoms with E-state index in [-0.39, 0.29) is 31.8 Å². The van der Waals surface area contributed by atoms with Gasteiger partial charge in [0.25, 0.3) is 0 Å². The van der Waals surface area contributed by atoms with E-state index < -0.39 is 18.1 Å². The first-order chi connectivity index (χ1) is 10.6. The molecule has 0 spiro atoms.